The van der Waals surface area contributed by atoms with Crippen molar-refractivity contribution in [3.05, 3.63) is 47.0 Å². The van der Waals surface area contributed by atoms with Crippen molar-refractivity contribution in [3.8, 4) is 34.7 Å². The lowest BCUT2D eigenvalue weighted by atomic mass is 9.91. The van der Waals surface area contributed by atoms with E-state index in [4.69, 9.17) is 9.47 Å². The first-order valence-electron chi connectivity index (χ1n) is 10.5. The molecule has 0 fully saturated rings. The Kier molecular flexibility index (Phi) is 8.46. The Bertz CT molecular complexity index is 1080. The fourth-order valence-electron chi connectivity index (χ4n) is 3.29. The molecule has 2 aromatic carbocycles. The zero-order valence-corrected chi connectivity index (χ0v) is 19.9. The molecule has 0 aliphatic rings. The topological polar surface area (TPSA) is 77.0 Å². The van der Waals surface area contributed by atoms with E-state index >= 15 is 0 Å². The van der Waals surface area contributed by atoms with Crippen LogP contribution in [0.3, 0.4) is 0 Å². The summed E-state index contributed by atoms with van der Waals surface area (Å²) in [6, 6.07) is 7.22. The first-order chi connectivity index (χ1) is 15.7. The summed E-state index contributed by atoms with van der Waals surface area (Å²) in [7, 11) is 0. The molecule has 0 saturated carbocycles. The van der Waals surface area contributed by atoms with E-state index in [0.29, 0.717) is 33.6 Å². The Hall–Kier alpha value is -3.38. The summed E-state index contributed by atoms with van der Waals surface area (Å²) in [5.41, 5.74) is 2.30. The number of aryl methyl sites for hydroxylation is 1. The highest BCUT2D eigenvalue weighted by molar-refractivity contribution is 5.73. The number of nitrogens with one attached hydrogen (secondary N) is 1. The summed E-state index contributed by atoms with van der Waals surface area (Å²) in [6.07, 6.45) is -4.06. The molecule has 1 atom stereocenters. The molecule has 0 radical (unpaired) electrons. The zero-order valence-electron chi connectivity index (χ0n) is 19.9. The Morgan fingerprint density at radius 3 is 2.29 bits per heavy atom. The molecule has 184 valence electrons. The van der Waals surface area contributed by atoms with Gasteiger partial charge in [0, 0.05) is 18.1 Å². The van der Waals surface area contributed by atoms with Gasteiger partial charge in [0.25, 0.3) is 0 Å². The van der Waals surface area contributed by atoms with Gasteiger partial charge in [-0.3, -0.25) is 0 Å². The van der Waals surface area contributed by atoms with Crippen LogP contribution in [0.15, 0.2) is 30.3 Å². The summed E-state index contributed by atoms with van der Waals surface area (Å²) in [5.74, 6) is 2.60. The molecule has 2 rings (SSSR count). The van der Waals surface area contributed by atoms with Gasteiger partial charge in [0.2, 0.25) is 0 Å². The number of halogens is 3. The van der Waals surface area contributed by atoms with Gasteiger partial charge in [-0.1, -0.05) is 24.1 Å². The third-order valence-electron chi connectivity index (χ3n) is 4.60. The molecule has 34 heavy (non-hydrogen) atoms. The number of carbonyl (C=O) groups excluding carboxylic acids is 1. The van der Waals surface area contributed by atoms with Crippen molar-refractivity contribution in [1.29, 1.82) is 0 Å². The normalized spacial score (nSPS) is 12.3. The lowest BCUT2D eigenvalue weighted by Crippen LogP contribution is -2.35. The number of hydrogen-bond acceptors (Lipinski definition) is 5. The van der Waals surface area contributed by atoms with Crippen molar-refractivity contribution in [1.82, 2.24) is 5.32 Å². The molecule has 0 spiro atoms. The zero-order chi connectivity index (χ0) is 25.7. The molecule has 6 nitrogen and oxygen atoms in total. The van der Waals surface area contributed by atoms with Gasteiger partial charge in [-0.15, -0.1) is 13.2 Å². The van der Waals surface area contributed by atoms with Gasteiger partial charge in [0.05, 0.1) is 6.54 Å². The number of aliphatic hydroxyl groups excluding tert-OH is 1. The van der Waals surface area contributed by atoms with Crippen LogP contribution < -0.4 is 14.8 Å². The molecule has 9 heteroatoms. The van der Waals surface area contributed by atoms with Crippen molar-refractivity contribution in [2.24, 2.45) is 0 Å². The largest absolute Gasteiger partial charge is 0.573 e. The number of amides is 1. The Labute approximate surface area is 197 Å². The highest BCUT2D eigenvalue weighted by Crippen LogP contribution is 2.39. The van der Waals surface area contributed by atoms with Gasteiger partial charge in [0.1, 0.15) is 29.3 Å². The van der Waals surface area contributed by atoms with Crippen molar-refractivity contribution in [2.45, 2.75) is 59.6 Å². The maximum atomic E-state index is 12.5. The predicted molar refractivity (Wildman–Crippen MR) is 121 cm³/mol. The lowest BCUT2D eigenvalue weighted by Gasteiger charge is -2.23. The summed E-state index contributed by atoms with van der Waals surface area (Å²) < 4.78 is 52.1. The third-order valence-corrected chi connectivity index (χ3v) is 4.60. The summed E-state index contributed by atoms with van der Waals surface area (Å²) >= 11 is 0. The maximum Gasteiger partial charge on any atom is 0.573 e. The monoisotopic (exact) mass is 479 g/mol. The number of rotatable bonds is 6. The maximum absolute atomic E-state index is 12.5. The molecular formula is C25H28F3NO5. The van der Waals surface area contributed by atoms with E-state index in [1.807, 2.05) is 0 Å². The van der Waals surface area contributed by atoms with Gasteiger partial charge >= 0.3 is 12.5 Å². The molecule has 1 amide bonds. The fourth-order valence-corrected chi connectivity index (χ4v) is 3.29. The minimum absolute atomic E-state index is 0.131. The first-order valence-corrected chi connectivity index (χ1v) is 10.5. The van der Waals surface area contributed by atoms with E-state index in [1.54, 1.807) is 47.6 Å². The van der Waals surface area contributed by atoms with Gasteiger partial charge in [-0.2, -0.15) is 0 Å². The molecule has 0 heterocycles. The van der Waals surface area contributed by atoms with E-state index in [2.05, 4.69) is 22.1 Å². The smallest absolute Gasteiger partial charge is 0.444 e. The van der Waals surface area contributed by atoms with Gasteiger partial charge < -0.3 is 24.6 Å². The van der Waals surface area contributed by atoms with Crippen LogP contribution >= 0.6 is 0 Å². The second kappa shape index (κ2) is 10.7. The van der Waals surface area contributed by atoms with E-state index in [9.17, 15) is 23.1 Å². The van der Waals surface area contributed by atoms with Crippen molar-refractivity contribution >= 4 is 6.09 Å². The summed E-state index contributed by atoms with van der Waals surface area (Å²) in [4.78, 5) is 12.0. The number of aliphatic hydroxyl groups is 1. The number of alkyl carbamates (subject to hydrolysis) is 1. The van der Waals surface area contributed by atoms with Crippen LogP contribution in [-0.2, 0) is 4.74 Å². The Balaban J connectivity index is 2.39. The fraction of sp³-hybridized carbons (Fsp3) is 0.400. The number of benzene rings is 2. The van der Waals surface area contributed by atoms with Crippen LogP contribution in [0, 0.1) is 25.9 Å². The molecular weight excluding hydrogens is 451 g/mol. The van der Waals surface area contributed by atoms with Crippen LogP contribution in [0.1, 0.15) is 50.5 Å². The first kappa shape index (κ1) is 26.9. The standard InChI is InChI=1S/C25H28F3NO5/c1-7-12-32-22-16(3)19(17-8-10-18(11-9-17)33-25(26,27)28)13-15(2)21(22)20(30)14-29-23(31)34-24(4,5)6/h8-11,13,20,30H,14H2,1-6H3,(H,29,31). The van der Waals surface area contributed by atoms with Crippen molar-refractivity contribution in [2.75, 3.05) is 6.54 Å². The summed E-state index contributed by atoms with van der Waals surface area (Å²) in [5, 5.41) is 13.4. The molecule has 0 saturated heterocycles. The van der Waals surface area contributed by atoms with E-state index in [1.165, 1.54) is 24.3 Å². The second-order valence-corrected chi connectivity index (χ2v) is 8.53. The van der Waals surface area contributed by atoms with Crippen LogP contribution in [0.2, 0.25) is 0 Å². The third kappa shape index (κ3) is 7.59. The van der Waals surface area contributed by atoms with Crippen LogP contribution in [-0.4, -0.2) is 29.7 Å². The number of ether oxygens (including phenoxy) is 3. The highest BCUT2D eigenvalue weighted by Gasteiger charge is 2.31. The van der Waals surface area contributed by atoms with Crippen LogP contribution in [0.25, 0.3) is 11.1 Å². The second-order valence-electron chi connectivity index (χ2n) is 8.53. The van der Waals surface area contributed by atoms with Crippen molar-refractivity contribution in [3.63, 3.8) is 0 Å². The molecule has 2 N–H and O–H groups in total. The van der Waals surface area contributed by atoms with Crippen molar-refractivity contribution < 1.29 is 37.3 Å². The molecule has 0 aliphatic heterocycles. The summed E-state index contributed by atoms with van der Waals surface area (Å²) in [6.45, 7) is 10.1. The minimum atomic E-state index is -4.78. The lowest BCUT2D eigenvalue weighted by molar-refractivity contribution is -0.274. The molecule has 0 aromatic heterocycles. The molecule has 0 bridgehead atoms. The molecule has 0 aliphatic carbocycles. The van der Waals surface area contributed by atoms with Crippen LogP contribution in [0.5, 0.6) is 11.5 Å². The predicted octanol–water partition coefficient (Wildman–Crippen LogP) is 5.79. The van der Waals surface area contributed by atoms with E-state index in [0.717, 1.165) is 0 Å². The molecule has 1 unspecified atom stereocenters. The Morgan fingerprint density at radius 1 is 1.15 bits per heavy atom. The number of alkyl halides is 3. The van der Waals surface area contributed by atoms with E-state index in [-0.39, 0.29) is 12.3 Å². The molecule has 2 aromatic rings. The average Bonchev–Trinajstić information content (AvgIpc) is 2.70. The Morgan fingerprint density at radius 2 is 1.76 bits per heavy atom. The quantitative estimate of drug-likeness (QED) is 0.513. The van der Waals surface area contributed by atoms with Gasteiger partial charge in [0.15, 0.2) is 0 Å². The average molecular weight is 479 g/mol. The SMILES string of the molecule is CC#COc1c(C)c(-c2ccc(OC(F)(F)F)cc2)cc(C)c1C(O)CNC(=O)OC(C)(C)C. The van der Waals surface area contributed by atoms with Gasteiger partial charge in [-0.05, 0) is 63.4 Å². The van der Waals surface area contributed by atoms with E-state index < -0.39 is 24.2 Å². The number of hydrogen-bond donors (Lipinski definition) is 2. The number of carbonyl (C=O) groups is 1. The minimum Gasteiger partial charge on any atom is -0.444 e. The van der Waals surface area contributed by atoms with Gasteiger partial charge in [-0.25, -0.2) is 4.79 Å². The van der Waals surface area contributed by atoms with Crippen LogP contribution in [0.4, 0.5) is 18.0 Å². The highest BCUT2D eigenvalue weighted by atomic mass is 19.4.